The molecular weight excluding hydrogens is 282 g/mol. The van der Waals surface area contributed by atoms with Gasteiger partial charge in [0.05, 0.1) is 16.4 Å². The van der Waals surface area contributed by atoms with Crippen molar-refractivity contribution in [2.75, 3.05) is 19.4 Å². The van der Waals surface area contributed by atoms with Gasteiger partial charge in [-0.15, -0.1) is 11.3 Å². The quantitative estimate of drug-likeness (QED) is 0.942. The van der Waals surface area contributed by atoms with Gasteiger partial charge in [0.15, 0.2) is 0 Å². The van der Waals surface area contributed by atoms with Crippen molar-refractivity contribution >= 4 is 34.7 Å². The zero-order valence-corrected chi connectivity index (χ0v) is 12.3. The Balaban J connectivity index is 2.14. The second-order valence-corrected chi connectivity index (χ2v) is 5.82. The first-order valence-electron chi connectivity index (χ1n) is 5.74. The first-order valence-corrected chi connectivity index (χ1v) is 6.93. The maximum Gasteiger partial charge on any atom is 0.257 e. The molecule has 1 amide bonds. The van der Waals surface area contributed by atoms with Gasteiger partial charge in [-0.1, -0.05) is 11.6 Å². The normalized spacial score (nSPS) is 10.3. The molecule has 0 spiro atoms. The van der Waals surface area contributed by atoms with Crippen molar-refractivity contribution in [3.05, 3.63) is 45.2 Å². The topological polar surface area (TPSA) is 45.2 Å². The Morgan fingerprint density at radius 2 is 2.26 bits per heavy atom. The van der Waals surface area contributed by atoms with Crippen molar-refractivity contribution in [1.82, 2.24) is 9.88 Å². The predicted molar refractivity (Wildman–Crippen MR) is 78.9 cm³/mol. The van der Waals surface area contributed by atoms with E-state index in [1.165, 1.54) is 11.3 Å². The molecule has 2 rings (SSSR count). The van der Waals surface area contributed by atoms with E-state index in [2.05, 4.69) is 10.3 Å². The molecular formula is C13H14ClN3OS. The molecule has 19 heavy (non-hydrogen) atoms. The van der Waals surface area contributed by atoms with Crippen LogP contribution in [0.1, 0.15) is 15.2 Å². The van der Waals surface area contributed by atoms with Crippen LogP contribution < -0.4 is 5.32 Å². The van der Waals surface area contributed by atoms with Gasteiger partial charge < -0.3 is 10.2 Å². The minimum atomic E-state index is -0.0676. The summed E-state index contributed by atoms with van der Waals surface area (Å²) in [6, 6.07) is 7.28. The van der Waals surface area contributed by atoms with Crippen LogP contribution in [0, 0.1) is 0 Å². The predicted octanol–water partition coefficient (Wildman–Crippen LogP) is 3.11. The summed E-state index contributed by atoms with van der Waals surface area (Å²) in [6.45, 7) is 0.536. The zero-order valence-electron chi connectivity index (χ0n) is 10.7. The first-order chi connectivity index (χ1) is 9.11. The average Bonchev–Trinajstić information content (AvgIpc) is 2.83. The molecule has 2 heterocycles. The summed E-state index contributed by atoms with van der Waals surface area (Å²) >= 11 is 7.36. The molecule has 0 unspecified atom stereocenters. The van der Waals surface area contributed by atoms with Crippen LogP contribution in [0.25, 0.3) is 0 Å². The van der Waals surface area contributed by atoms with Gasteiger partial charge in [0.2, 0.25) is 0 Å². The molecule has 0 aromatic carbocycles. The molecule has 2 aromatic heterocycles. The number of nitrogens with one attached hydrogen (secondary N) is 1. The first kappa shape index (κ1) is 13.8. The molecule has 0 bridgehead atoms. The van der Waals surface area contributed by atoms with E-state index in [0.717, 1.165) is 9.21 Å². The standard InChI is InChI=1S/C13H14ClN3OS/c1-15-12-10(4-3-7-16-12)13(18)17(2)8-9-5-6-11(14)19-9/h3-7H,8H2,1-2H3,(H,15,16). The van der Waals surface area contributed by atoms with Crippen molar-refractivity contribution in [2.45, 2.75) is 6.54 Å². The molecule has 2 aromatic rings. The van der Waals surface area contributed by atoms with Crippen molar-refractivity contribution < 1.29 is 4.79 Å². The van der Waals surface area contributed by atoms with Crippen LogP contribution >= 0.6 is 22.9 Å². The third-order valence-electron chi connectivity index (χ3n) is 2.64. The number of amides is 1. The highest BCUT2D eigenvalue weighted by molar-refractivity contribution is 7.16. The lowest BCUT2D eigenvalue weighted by molar-refractivity contribution is 0.0787. The lowest BCUT2D eigenvalue weighted by Gasteiger charge is -2.17. The lowest BCUT2D eigenvalue weighted by Crippen LogP contribution is -2.26. The third-order valence-corrected chi connectivity index (χ3v) is 3.86. The molecule has 0 saturated heterocycles. The molecule has 0 radical (unpaired) electrons. The Labute approximate surface area is 121 Å². The number of hydrogen-bond donors (Lipinski definition) is 1. The SMILES string of the molecule is CNc1ncccc1C(=O)N(C)Cc1ccc(Cl)s1. The minimum absolute atomic E-state index is 0.0676. The highest BCUT2D eigenvalue weighted by Crippen LogP contribution is 2.23. The highest BCUT2D eigenvalue weighted by atomic mass is 35.5. The average molecular weight is 296 g/mol. The van der Waals surface area contributed by atoms with Gasteiger partial charge in [-0.3, -0.25) is 4.79 Å². The van der Waals surface area contributed by atoms with E-state index in [4.69, 9.17) is 11.6 Å². The van der Waals surface area contributed by atoms with Gasteiger partial charge in [-0.25, -0.2) is 4.98 Å². The number of halogens is 1. The number of thiophene rings is 1. The van der Waals surface area contributed by atoms with Crippen molar-refractivity contribution in [2.24, 2.45) is 0 Å². The zero-order chi connectivity index (χ0) is 13.8. The molecule has 100 valence electrons. The Kier molecular flexibility index (Phi) is 4.39. The summed E-state index contributed by atoms with van der Waals surface area (Å²) in [7, 11) is 3.51. The molecule has 6 heteroatoms. The number of aromatic nitrogens is 1. The number of hydrogen-bond acceptors (Lipinski definition) is 4. The Hall–Kier alpha value is -1.59. The molecule has 1 N–H and O–H groups in total. The largest absolute Gasteiger partial charge is 0.372 e. The van der Waals surface area contributed by atoms with Crippen LogP contribution in [0.15, 0.2) is 30.5 Å². The summed E-state index contributed by atoms with van der Waals surface area (Å²) in [4.78, 5) is 19.2. The second kappa shape index (κ2) is 6.04. The van der Waals surface area contributed by atoms with Gasteiger partial charge in [0.1, 0.15) is 5.82 Å². The maximum atomic E-state index is 12.4. The summed E-state index contributed by atoms with van der Waals surface area (Å²) < 4.78 is 0.730. The molecule has 0 atom stereocenters. The Morgan fingerprint density at radius 1 is 1.47 bits per heavy atom. The molecule has 0 saturated carbocycles. The monoisotopic (exact) mass is 295 g/mol. The Bertz CT molecular complexity index is 585. The molecule has 0 fully saturated rings. The van der Waals surface area contributed by atoms with E-state index < -0.39 is 0 Å². The number of nitrogens with zero attached hydrogens (tertiary/aromatic N) is 2. The fourth-order valence-corrected chi connectivity index (χ4v) is 2.87. The highest BCUT2D eigenvalue weighted by Gasteiger charge is 2.16. The van der Waals surface area contributed by atoms with Crippen LogP contribution in [0.4, 0.5) is 5.82 Å². The van der Waals surface area contributed by atoms with Crippen molar-refractivity contribution in [3.63, 3.8) is 0 Å². The van der Waals surface area contributed by atoms with Gasteiger partial charge in [-0.05, 0) is 24.3 Å². The van der Waals surface area contributed by atoms with Crippen LogP contribution in [0.3, 0.4) is 0 Å². The van der Waals surface area contributed by atoms with Crippen LogP contribution in [0.2, 0.25) is 4.34 Å². The van der Waals surface area contributed by atoms with E-state index >= 15 is 0 Å². The summed E-state index contributed by atoms with van der Waals surface area (Å²) in [5.74, 6) is 0.519. The van der Waals surface area contributed by atoms with Crippen LogP contribution in [-0.2, 0) is 6.54 Å². The number of anilines is 1. The number of carbonyl (C=O) groups excluding carboxylic acids is 1. The molecule has 0 aliphatic heterocycles. The fraction of sp³-hybridized carbons (Fsp3) is 0.231. The van der Waals surface area contributed by atoms with E-state index in [1.54, 1.807) is 37.3 Å². The van der Waals surface area contributed by atoms with Crippen LogP contribution in [0.5, 0.6) is 0 Å². The molecule has 0 aliphatic carbocycles. The van der Waals surface area contributed by atoms with Gasteiger partial charge >= 0.3 is 0 Å². The summed E-state index contributed by atoms with van der Waals surface area (Å²) in [5, 5.41) is 2.92. The fourth-order valence-electron chi connectivity index (χ4n) is 1.73. The van der Waals surface area contributed by atoms with Crippen molar-refractivity contribution in [1.29, 1.82) is 0 Å². The molecule has 0 aliphatic rings. The summed E-state index contributed by atoms with van der Waals surface area (Å²) in [5.41, 5.74) is 0.565. The minimum Gasteiger partial charge on any atom is -0.372 e. The van der Waals surface area contributed by atoms with Crippen molar-refractivity contribution in [3.8, 4) is 0 Å². The van der Waals surface area contributed by atoms with E-state index in [1.807, 2.05) is 12.1 Å². The second-order valence-electron chi connectivity index (χ2n) is 4.02. The summed E-state index contributed by atoms with van der Waals surface area (Å²) in [6.07, 6.45) is 1.65. The molecule has 4 nitrogen and oxygen atoms in total. The number of rotatable bonds is 4. The van der Waals surface area contributed by atoms with E-state index in [9.17, 15) is 4.79 Å². The Morgan fingerprint density at radius 3 is 2.89 bits per heavy atom. The maximum absolute atomic E-state index is 12.4. The third kappa shape index (κ3) is 3.24. The smallest absolute Gasteiger partial charge is 0.257 e. The number of pyridine rings is 1. The van der Waals surface area contributed by atoms with Gasteiger partial charge in [-0.2, -0.15) is 0 Å². The number of carbonyl (C=O) groups is 1. The van der Waals surface area contributed by atoms with Gasteiger partial charge in [0.25, 0.3) is 5.91 Å². The van der Waals surface area contributed by atoms with Crippen LogP contribution in [-0.4, -0.2) is 29.9 Å². The lowest BCUT2D eigenvalue weighted by atomic mass is 10.2. The van der Waals surface area contributed by atoms with Gasteiger partial charge in [0, 0.05) is 25.2 Å². The van der Waals surface area contributed by atoms with E-state index in [-0.39, 0.29) is 5.91 Å². The van der Waals surface area contributed by atoms with E-state index in [0.29, 0.717) is 17.9 Å².